The Morgan fingerprint density at radius 1 is 1.26 bits per heavy atom. The van der Waals surface area contributed by atoms with Crippen LogP contribution in [0, 0.1) is 3.57 Å². The van der Waals surface area contributed by atoms with Crippen LogP contribution in [0.4, 0.5) is 17.1 Å². The molecule has 0 heterocycles. The molecule has 0 amide bonds. The lowest BCUT2D eigenvalue weighted by molar-refractivity contribution is 0.0698. The van der Waals surface area contributed by atoms with Crippen LogP contribution in [0.1, 0.15) is 10.4 Å². The van der Waals surface area contributed by atoms with E-state index in [1.807, 2.05) is 18.2 Å². The molecular weight excluding hydrogens is 423 g/mol. The number of benzene rings is 2. The van der Waals surface area contributed by atoms with Gasteiger partial charge in [0.1, 0.15) is 0 Å². The van der Waals surface area contributed by atoms with Crippen molar-refractivity contribution < 1.29 is 9.90 Å². The first-order chi connectivity index (χ1) is 8.97. The molecule has 4 N–H and O–H groups in total. The van der Waals surface area contributed by atoms with E-state index < -0.39 is 5.97 Å². The number of nitrogens with one attached hydrogen (secondary N) is 1. The van der Waals surface area contributed by atoms with E-state index in [1.165, 1.54) is 6.07 Å². The number of hydrogen-bond donors (Lipinski definition) is 3. The lowest BCUT2D eigenvalue weighted by Gasteiger charge is -2.11. The SMILES string of the molecule is Nc1ccc(Nc2cc(Br)ccc2I)cc1C(=O)O. The first-order valence-corrected chi connectivity index (χ1v) is 7.19. The number of rotatable bonds is 3. The van der Waals surface area contributed by atoms with Gasteiger partial charge in [0.2, 0.25) is 0 Å². The second-order valence-electron chi connectivity index (χ2n) is 3.86. The molecule has 4 nitrogen and oxygen atoms in total. The van der Waals surface area contributed by atoms with E-state index >= 15 is 0 Å². The summed E-state index contributed by atoms with van der Waals surface area (Å²) in [6.07, 6.45) is 0. The predicted octanol–water partition coefficient (Wildman–Crippen LogP) is 4.08. The molecule has 0 saturated heterocycles. The molecule has 0 bridgehead atoms. The Kier molecular flexibility index (Phi) is 4.31. The van der Waals surface area contributed by atoms with Crippen molar-refractivity contribution in [3.63, 3.8) is 0 Å². The van der Waals surface area contributed by atoms with Gasteiger partial charge in [-0.1, -0.05) is 15.9 Å². The summed E-state index contributed by atoms with van der Waals surface area (Å²) in [5.41, 5.74) is 7.55. The van der Waals surface area contributed by atoms with Gasteiger partial charge < -0.3 is 16.2 Å². The van der Waals surface area contributed by atoms with E-state index in [-0.39, 0.29) is 11.3 Å². The first kappa shape index (κ1) is 14.1. The molecule has 0 aliphatic heterocycles. The first-order valence-electron chi connectivity index (χ1n) is 5.32. The normalized spacial score (nSPS) is 10.2. The Morgan fingerprint density at radius 2 is 2.00 bits per heavy atom. The number of carbonyl (C=O) groups is 1. The lowest BCUT2D eigenvalue weighted by Crippen LogP contribution is -2.03. The van der Waals surface area contributed by atoms with Gasteiger partial charge in [0.25, 0.3) is 0 Å². The number of carboxylic acids is 1. The Labute approximate surface area is 132 Å². The standard InChI is InChI=1S/C13H10BrIN2O2/c14-7-1-3-10(15)12(5-7)17-8-2-4-11(16)9(6-8)13(18)19/h1-6,17H,16H2,(H,18,19). The second-order valence-corrected chi connectivity index (χ2v) is 5.93. The molecule has 19 heavy (non-hydrogen) atoms. The average Bonchev–Trinajstić information content (AvgIpc) is 2.36. The van der Waals surface area contributed by atoms with Crippen LogP contribution in [0.25, 0.3) is 0 Å². The summed E-state index contributed by atoms with van der Waals surface area (Å²) < 4.78 is 1.99. The maximum absolute atomic E-state index is 11.0. The molecule has 0 spiro atoms. The molecule has 6 heteroatoms. The van der Waals surface area contributed by atoms with Crippen LogP contribution < -0.4 is 11.1 Å². The quantitative estimate of drug-likeness (QED) is 0.504. The number of anilines is 3. The molecule has 0 aromatic heterocycles. The predicted molar refractivity (Wildman–Crippen MR) is 88.0 cm³/mol. The lowest BCUT2D eigenvalue weighted by atomic mass is 10.1. The van der Waals surface area contributed by atoms with Gasteiger partial charge in [-0.3, -0.25) is 0 Å². The fraction of sp³-hybridized carbons (Fsp3) is 0. The van der Waals surface area contributed by atoms with Crippen molar-refractivity contribution in [1.29, 1.82) is 0 Å². The van der Waals surface area contributed by atoms with Gasteiger partial charge in [0, 0.05) is 19.4 Å². The Bertz CT molecular complexity index is 647. The average molecular weight is 433 g/mol. The Hall–Kier alpha value is -1.28. The monoisotopic (exact) mass is 432 g/mol. The smallest absolute Gasteiger partial charge is 0.337 e. The van der Waals surface area contributed by atoms with E-state index in [0.29, 0.717) is 5.69 Å². The van der Waals surface area contributed by atoms with Gasteiger partial charge in [-0.15, -0.1) is 0 Å². The van der Waals surface area contributed by atoms with Gasteiger partial charge in [-0.2, -0.15) is 0 Å². The molecular formula is C13H10BrIN2O2. The highest BCUT2D eigenvalue weighted by molar-refractivity contribution is 14.1. The number of nitrogens with two attached hydrogens (primary N) is 1. The maximum Gasteiger partial charge on any atom is 0.337 e. The summed E-state index contributed by atoms with van der Waals surface area (Å²) in [5, 5.41) is 12.2. The van der Waals surface area contributed by atoms with E-state index in [4.69, 9.17) is 10.8 Å². The van der Waals surface area contributed by atoms with Crippen LogP contribution in [0.3, 0.4) is 0 Å². The van der Waals surface area contributed by atoms with Crippen molar-refractivity contribution >= 4 is 61.6 Å². The number of aromatic carboxylic acids is 1. The second kappa shape index (κ2) is 5.79. The zero-order valence-electron chi connectivity index (χ0n) is 9.65. The summed E-state index contributed by atoms with van der Waals surface area (Å²) in [4.78, 5) is 11.0. The summed E-state index contributed by atoms with van der Waals surface area (Å²) >= 11 is 5.61. The molecule has 0 saturated carbocycles. The van der Waals surface area contributed by atoms with Crippen LogP contribution in [0.15, 0.2) is 40.9 Å². The molecule has 0 radical (unpaired) electrons. The van der Waals surface area contributed by atoms with Crippen molar-refractivity contribution in [2.24, 2.45) is 0 Å². The molecule has 98 valence electrons. The minimum atomic E-state index is -1.04. The van der Waals surface area contributed by atoms with Crippen molar-refractivity contribution in [2.45, 2.75) is 0 Å². The van der Waals surface area contributed by atoms with Crippen molar-refractivity contribution in [3.05, 3.63) is 50.0 Å². The fourth-order valence-electron chi connectivity index (χ4n) is 1.57. The van der Waals surface area contributed by atoms with E-state index in [2.05, 4.69) is 43.8 Å². The third kappa shape index (κ3) is 3.38. The van der Waals surface area contributed by atoms with Crippen LogP contribution in [0.5, 0.6) is 0 Å². The molecule has 0 atom stereocenters. The highest BCUT2D eigenvalue weighted by Crippen LogP contribution is 2.27. The zero-order chi connectivity index (χ0) is 14.0. The van der Waals surface area contributed by atoms with Gasteiger partial charge in [-0.25, -0.2) is 4.79 Å². The van der Waals surface area contributed by atoms with E-state index in [9.17, 15) is 4.79 Å². The topological polar surface area (TPSA) is 75.3 Å². The van der Waals surface area contributed by atoms with Crippen molar-refractivity contribution in [2.75, 3.05) is 11.1 Å². The van der Waals surface area contributed by atoms with Gasteiger partial charge in [0.05, 0.1) is 11.3 Å². The van der Waals surface area contributed by atoms with Gasteiger partial charge >= 0.3 is 5.97 Å². The molecule has 0 aliphatic rings. The highest BCUT2D eigenvalue weighted by Gasteiger charge is 2.09. The van der Waals surface area contributed by atoms with Gasteiger partial charge in [-0.05, 0) is 59.0 Å². The maximum atomic E-state index is 11.0. The number of carboxylic acid groups (broad SMARTS) is 1. The third-order valence-electron chi connectivity index (χ3n) is 2.49. The number of halogens is 2. The van der Waals surface area contributed by atoms with Crippen molar-refractivity contribution in [1.82, 2.24) is 0 Å². The minimum absolute atomic E-state index is 0.0926. The largest absolute Gasteiger partial charge is 0.478 e. The van der Waals surface area contributed by atoms with E-state index in [0.717, 1.165) is 13.7 Å². The van der Waals surface area contributed by atoms with Crippen molar-refractivity contribution in [3.8, 4) is 0 Å². The highest BCUT2D eigenvalue weighted by atomic mass is 127. The zero-order valence-corrected chi connectivity index (χ0v) is 13.4. The Morgan fingerprint density at radius 3 is 2.68 bits per heavy atom. The molecule has 0 fully saturated rings. The summed E-state index contributed by atoms with van der Waals surface area (Å²) in [6, 6.07) is 10.7. The minimum Gasteiger partial charge on any atom is -0.478 e. The number of hydrogen-bond acceptors (Lipinski definition) is 3. The van der Waals surface area contributed by atoms with Crippen LogP contribution in [0.2, 0.25) is 0 Å². The molecule has 2 aromatic carbocycles. The molecule has 2 rings (SSSR count). The van der Waals surface area contributed by atoms with Crippen LogP contribution in [-0.4, -0.2) is 11.1 Å². The summed E-state index contributed by atoms with van der Waals surface area (Å²) in [7, 11) is 0. The van der Waals surface area contributed by atoms with Crippen LogP contribution in [-0.2, 0) is 0 Å². The molecule has 0 unspecified atom stereocenters. The summed E-state index contributed by atoms with van der Waals surface area (Å²) in [6.45, 7) is 0. The molecule has 0 aliphatic carbocycles. The summed E-state index contributed by atoms with van der Waals surface area (Å²) in [5.74, 6) is -1.04. The molecule has 2 aromatic rings. The fourth-order valence-corrected chi connectivity index (χ4v) is 2.40. The van der Waals surface area contributed by atoms with Gasteiger partial charge in [0.15, 0.2) is 0 Å². The third-order valence-corrected chi connectivity index (χ3v) is 3.93. The van der Waals surface area contributed by atoms with Crippen LogP contribution >= 0.6 is 38.5 Å². The number of nitrogen functional groups attached to an aromatic ring is 1. The van der Waals surface area contributed by atoms with E-state index in [1.54, 1.807) is 12.1 Å². The Balaban J connectivity index is 2.36.